The molecule has 0 aromatic heterocycles. The molecule has 0 atom stereocenters. The van der Waals surface area contributed by atoms with Gasteiger partial charge >= 0.3 is 0 Å². The first-order valence-corrected chi connectivity index (χ1v) is 10.2. The Balaban J connectivity index is 1.85. The standard InChI is InChI=1S/C15H25NSi/c1-15(9-10-15)12-16-11-13-5-7-14(8-6-13)17(2,3)4/h5-8,16H,9-12H2,1-4H3. The second-order valence-corrected chi connectivity index (χ2v) is 11.9. The van der Waals surface area contributed by atoms with Crippen molar-refractivity contribution < 1.29 is 0 Å². The van der Waals surface area contributed by atoms with Crippen LogP contribution < -0.4 is 10.5 Å². The number of benzene rings is 1. The first-order valence-electron chi connectivity index (χ1n) is 6.69. The zero-order chi connectivity index (χ0) is 12.5. The van der Waals surface area contributed by atoms with Crippen LogP contribution in [0.2, 0.25) is 19.6 Å². The summed E-state index contributed by atoms with van der Waals surface area (Å²) in [7, 11) is -1.13. The summed E-state index contributed by atoms with van der Waals surface area (Å²) in [5.74, 6) is 0. The summed E-state index contributed by atoms with van der Waals surface area (Å²) in [6, 6.07) is 9.22. The van der Waals surface area contributed by atoms with Gasteiger partial charge in [-0.2, -0.15) is 0 Å². The van der Waals surface area contributed by atoms with E-state index in [0.717, 1.165) is 6.54 Å². The van der Waals surface area contributed by atoms with Crippen LogP contribution in [0.4, 0.5) is 0 Å². The lowest BCUT2D eigenvalue weighted by molar-refractivity contribution is 0.499. The van der Waals surface area contributed by atoms with Crippen molar-refractivity contribution in [1.29, 1.82) is 0 Å². The van der Waals surface area contributed by atoms with Crippen LogP contribution in [0, 0.1) is 5.41 Å². The number of hydrogen-bond donors (Lipinski definition) is 1. The third-order valence-electron chi connectivity index (χ3n) is 3.80. The van der Waals surface area contributed by atoms with Crippen LogP contribution in [0.25, 0.3) is 0 Å². The fraction of sp³-hybridized carbons (Fsp3) is 0.600. The molecule has 0 heterocycles. The molecule has 0 spiro atoms. The maximum atomic E-state index is 3.57. The molecule has 2 rings (SSSR count). The molecule has 94 valence electrons. The van der Waals surface area contributed by atoms with Crippen LogP contribution in [-0.2, 0) is 6.54 Å². The summed E-state index contributed by atoms with van der Waals surface area (Å²) in [4.78, 5) is 0. The zero-order valence-corrected chi connectivity index (χ0v) is 12.6. The van der Waals surface area contributed by atoms with Gasteiger partial charge in [-0.15, -0.1) is 0 Å². The van der Waals surface area contributed by atoms with E-state index in [9.17, 15) is 0 Å². The average Bonchev–Trinajstić information content (AvgIpc) is 2.96. The fourth-order valence-corrected chi connectivity index (χ4v) is 3.19. The lowest BCUT2D eigenvalue weighted by Gasteiger charge is -2.17. The molecule has 0 aliphatic heterocycles. The highest BCUT2D eigenvalue weighted by Crippen LogP contribution is 2.44. The average molecular weight is 247 g/mol. The Kier molecular flexibility index (Phi) is 3.46. The summed E-state index contributed by atoms with van der Waals surface area (Å²) >= 11 is 0. The van der Waals surface area contributed by atoms with Gasteiger partial charge in [0.15, 0.2) is 0 Å². The Morgan fingerprint density at radius 3 is 2.18 bits per heavy atom. The van der Waals surface area contributed by atoms with E-state index in [1.54, 1.807) is 5.19 Å². The molecule has 1 N–H and O–H groups in total. The Bertz CT molecular complexity index is 371. The van der Waals surface area contributed by atoms with Gasteiger partial charge in [0.2, 0.25) is 0 Å². The number of nitrogens with one attached hydrogen (secondary N) is 1. The smallest absolute Gasteiger partial charge is 0.0775 e. The van der Waals surface area contributed by atoms with E-state index in [-0.39, 0.29) is 0 Å². The SMILES string of the molecule is CC1(CNCc2ccc([Si](C)(C)C)cc2)CC1. The van der Waals surface area contributed by atoms with Crippen molar-refractivity contribution in [3.05, 3.63) is 29.8 Å². The largest absolute Gasteiger partial charge is 0.312 e. The third kappa shape index (κ3) is 3.68. The van der Waals surface area contributed by atoms with Crippen molar-refractivity contribution in [1.82, 2.24) is 5.32 Å². The predicted octanol–water partition coefficient (Wildman–Crippen LogP) is 3.12. The quantitative estimate of drug-likeness (QED) is 0.788. The van der Waals surface area contributed by atoms with Gasteiger partial charge in [0.25, 0.3) is 0 Å². The molecular formula is C15H25NSi. The van der Waals surface area contributed by atoms with Gasteiger partial charge < -0.3 is 5.32 Å². The van der Waals surface area contributed by atoms with E-state index in [1.807, 2.05) is 0 Å². The minimum absolute atomic E-state index is 0.609. The molecular weight excluding hydrogens is 222 g/mol. The molecule has 1 aliphatic carbocycles. The molecule has 0 amide bonds. The Labute approximate surface area is 107 Å². The van der Waals surface area contributed by atoms with Crippen molar-refractivity contribution in [2.75, 3.05) is 6.54 Å². The van der Waals surface area contributed by atoms with Crippen LogP contribution in [0.5, 0.6) is 0 Å². The van der Waals surface area contributed by atoms with Crippen LogP contribution in [0.15, 0.2) is 24.3 Å². The minimum Gasteiger partial charge on any atom is -0.312 e. The second kappa shape index (κ2) is 4.58. The van der Waals surface area contributed by atoms with Crippen molar-refractivity contribution in [3.8, 4) is 0 Å². The molecule has 0 saturated heterocycles. The molecule has 17 heavy (non-hydrogen) atoms. The van der Waals surface area contributed by atoms with Gasteiger partial charge in [-0.1, -0.05) is 56.0 Å². The topological polar surface area (TPSA) is 12.0 Å². The van der Waals surface area contributed by atoms with Gasteiger partial charge in [0.1, 0.15) is 0 Å². The lowest BCUT2D eigenvalue weighted by atomic mass is 10.1. The van der Waals surface area contributed by atoms with Gasteiger partial charge in [-0.25, -0.2) is 0 Å². The molecule has 1 aromatic rings. The molecule has 0 bridgehead atoms. The Morgan fingerprint density at radius 1 is 1.12 bits per heavy atom. The van der Waals surface area contributed by atoms with E-state index in [2.05, 4.69) is 56.1 Å². The molecule has 0 unspecified atom stereocenters. The van der Waals surface area contributed by atoms with Gasteiger partial charge in [0.05, 0.1) is 8.07 Å². The molecule has 1 aromatic carbocycles. The summed E-state index contributed by atoms with van der Waals surface area (Å²) in [5, 5.41) is 5.12. The Hall–Kier alpha value is -0.603. The lowest BCUT2D eigenvalue weighted by Crippen LogP contribution is -2.37. The molecule has 0 radical (unpaired) electrons. The van der Waals surface area contributed by atoms with Gasteiger partial charge in [-0.3, -0.25) is 0 Å². The van der Waals surface area contributed by atoms with Crippen LogP contribution >= 0.6 is 0 Å². The highest BCUT2D eigenvalue weighted by molar-refractivity contribution is 6.88. The summed E-state index contributed by atoms with van der Waals surface area (Å²) < 4.78 is 0. The van der Waals surface area contributed by atoms with Crippen molar-refractivity contribution in [3.63, 3.8) is 0 Å². The molecule has 1 nitrogen and oxygen atoms in total. The zero-order valence-electron chi connectivity index (χ0n) is 11.6. The van der Waals surface area contributed by atoms with Crippen LogP contribution in [0.3, 0.4) is 0 Å². The molecule has 1 fully saturated rings. The van der Waals surface area contributed by atoms with Crippen molar-refractivity contribution >= 4 is 13.3 Å². The normalized spacial score (nSPS) is 18.1. The highest BCUT2D eigenvalue weighted by Gasteiger charge is 2.36. The summed E-state index contributed by atoms with van der Waals surface area (Å²) in [5.41, 5.74) is 2.02. The molecule has 2 heteroatoms. The Morgan fingerprint density at radius 2 is 1.71 bits per heavy atom. The van der Waals surface area contributed by atoms with Crippen molar-refractivity contribution in [2.24, 2.45) is 5.41 Å². The number of hydrogen-bond acceptors (Lipinski definition) is 1. The maximum absolute atomic E-state index is 3.57. The van der Waals surface area contributed by atoms with Crippen LogP contribution in [-0.4, -0.2) is 14.6 Å². The summed E-state index contributed by atoms with van der Waals surface area (Å²) in [6.45, 7) is 11.7. The minimum atomic E-state index is -1.13. The van der Waals surface area contributed by atoms with E-state index in [0.29, 0.717) is 5.41 Å². The third-order valence-corrected chi connectivity index (χ3v) is 5.87. The van der Waals surface area contributed by atoms with Crippen LogP contribution in [0.1, 0.15) is 25.3 Å². The summed E-state index contributed by atoms with van der Waals surface area (Å²) in [6.07, 6.45) is 2.79. The van der Waals surface area contributed by atoms with E-state index >= 15 is 0 Å². The fourth-order valence-electron chi connectivity index (χ4n) is 2.02. The molecule has 1 saturated carbocycles. The van der Waals surface area contributed by atoms with Gasteiger partial charge in [-0.05, 0) is 23.8 Å². The van der Waals surface area contributed by atoms with Gasteiger partial charge in [0, 0.05) is 13.1 Å². The first-order chi connectivity index (χ1) is 7.89. The number of rotatable bonds is 5. The van der Waals surface area contributed by atoms with E-state index in [1.165, 1.54) is 24.9 Å². The first kappa shape index (κ1) is 12.8. The monoisotopic (exact) mass is 247 g/mol. The molecule has 1 aliphatic rings. The highest BCUT2D eigenvalue weighted by atomic mass is 28.3. The van der Waals surface area contributed by atoms with Crippen molar-refractivity contribution in [2.45, 2.75) is 46.0 Å². The van der Waals surface area contributed by atoms with E-state index < -0.39 is 8.07 Å². The maximum Gasteiger partial charge on any atom is 0.0775 e. The van der Waals surface area contributed by atoms with E-state index in [4.69, 9.17) is 0 Å². The predicted molar refractivity (Wildman–Crippen MR) is 78.5 cm³/mol. The second-order valence-electron chi connectivity index (χ2n) is 6.86.